The minimum Gasteiger partial charge on any atom is -0.871 e. The molecule has 0 spiro atoms. The van der Waals surface area contributed by atoms with Crippen molar-refractivity contribution in [3.8, 4) is 5.75 Å². The summed E-state index contributed by atoms with van der Waals surface area (Å²) < 4.78 is 7.78. The van der Waals surface area contributed by atoms with Crippen LogP contribution in [0.5, 0.6) is 5.75 Å². The first-order chi connectivity index (χ1) is 28.4. The summed E-state index contributed by atoms with van der Waals surface area (Å²) in [5, 5.41) is 20.1. The number of anilines is 3. The molecule has 2 aliphatic carbocycles. The van der Waals surface area contributed by atoms with Crippen molar-refractivity contribution in [1.82, 2.24) is 5.32 Å². The van der Waals surface area contributed by atoms with Gasteiger partial charge in [0.1, 0.15) is 5.75 Å². The minimum atomic E-state index is -0.440. The average molecular weight is 799 g/mol. The van der Waals surface area contributed by atoms with Gasteiger partial charge in [0.2, 0.25) is 23.2 Å². The summed E-state index contributed by atoms with van der Waals surface area (Å²) in [5.41, 5.74) is 6.25. The molecule has 5 rings (SSSR count). The lowest BCUT2D eigenvalue weighted by Crippen LogP contribution is -2.34. The van der Waals surface area contributed by atoms with Crippen LogP contribution in [-0.4, -0.2) is 48.1 Å². The van der Waals surface area contributed by atoms with E-state index in [1.807, 2.05) is 54.6 Å². The van der Waals surface area contributed by atoms with Gasteiger partial charge in [0, 0.05) is 78.2 Å². The van der Waals surface area contributed by atoms with Gasteiger partial charge in [-0.25, -0.2) is 0 Å². The van der Waals surface area contributed by atoms with Crippen LogP contribution in [0.4, 0.5) is 22.7 Å². The number of Topliss-reactive ketones (excluding diaryl/α,β-unsaturated/α-hetero) is 1. The lowest BCUT2D eigenvalue weighted by Gasteiger charge is -2.35. The van der Waals surface area contributed by atoms with Crippen molar-refractivity contribution < 1.29 is 28.8 Å². The van der Waals surface area contributed by atoms with Gasteiger partial charge in [-0.15, -0.1) is 0 Å². The number of rotatable bonds is 19. The number of carbonyl (C=O) groups excluding carboxylic acids is 3. The first-order valence-electron chi connectivity index (χ1n) is 21.4. The molecule has 0 aromatic heterocycles. The molecule has 2 aliphatic rings. The molecule has 2 amide bonds. The van der Waals surface area contributed by atoms with Crippen LogP contribution in [0.3, 0.4) is 0 Å². The number of ether oxygens (including phenoxy) is 1. The molecule has 9 heteroatoms. The molecule has 0 aliphatic heterocycles. The normalized spacial score (nSPS) is 16.9. The Morgan fingerprint density at radius 1 is 0.814 bits per heavy atom. The molecule has 0 radical (unpaired) electrons. The maximum Gasteiger partial charge on any atom is 0.221 e. The molecule has 9 nitrogen and oxygen atoms in total. The summed E-state index contributed by atoms with van der Waals surface area (Å²) in [4.78, 5) is 41.8. The summed E-state index contributed by atoms with van der Waals surface area (Å²) in [6.45, 7) is 15.2. The highest BCUT2D eigenvalue weighted by atomic mass is 16.5. The molecule has 0 saturated heterocycles. The van der Waals surface area contributed by atoms with E-state index in [2.05, 4.69) is 72.9 Å². The molecule has 312 valence electrons. The fourth-order valence-electron chi connectivity index (χ4n) is 7.95. The van der Waals surface area contributed by atoms with E-state index in [1.54, 1.807) is 19.3 Å². The van der Waals surface area contributed by atoms with Crippen LogP contribution < -0.4 is 25.4 Å². The van der Waals surface area contributed by atoms with Gasteiger partial charge in [-0.2, -0.15) is 4.58 Å². The smallest absolute Gasteiger partial charge is 0.221 e. The molecule has 2 atom stereocenters. The van der Waals surface area contributed by atoms with Crippen molar-refractivity contribution in [2.45, 2.75) is 99.8 Å². The third-order valence-electron chi connectivity index (χ3n) is 11.3. The van der Waals surface area contributed by atoms with Gasteiger partial charge >= 0.3 is 0 Å². The Labute approximate surface area is 351 Å². The second-order valence-corrected chi connectivity index (χ2v) is 15.8. The topological polar surface area (TPSA) is 114 Å². The molecule has 0 saturated carbocycles. The number of methoxy groups -OCH3 is 1. The van der Waals surface area contributed by atoms with Crippen LogP contribution >= 0.6 is 0 Å². The van der Waals surface area contributed by atoms with Gasteiger partial charge in [-0.05, 0) is 74.1 Å². The Balaban J connectivity index is 1.61. The van der Waals surface area contributed by atoms with E-state index in [0.29, 0.717) is 34.4 Å². The van der Waals surface area contributed by atoms with Crippen molar-refractivity contribution in [1.29, 1.82) is 0 Å². The second-order valence-electron chi connectivity index (χ2n) is 15.8. The molecule has 0 fully saturated rings. The van der Waals surface area contributed by atoms with Crippen LogP contribution in [0.15, 0.2) is 108 Å². The van der Waals surface area contributed by atoms with E-state index in [1.165, 1.54) is 13.8 Å². The number of carbonyl (C=O) groups is 3. The Morgan fingerprint density at radius 3 is 2.12 bits per heavy atom. The van der Waals surface area contributed by atoms with Crippen molar-refractivity contribution in [2.24, 2.45) is 11.8 Å². The number of aryl methyl sites for hydroxylation is 1. The predicted octanol–water partition coefficient (Wildman–Crippen LogP) is 9.86. The Hall–Kier alpha value is -5.70. The van der Waals surface area contributed by atoms with Gasteiger partial charge < -0.3 is 25.4 Å². The fraction of sp³-hybridized carbons (Fsp3) is 0.400. The Kier molecular flexibility index (Phi) is 15.7. The number of unbranched alkanes of at least 4 members (excludes halogenated alkanes) is 2. The second kappa shape index (κ2) is 20.8. The summed E-state index contributed by atoms with van der Waals surface area (Å²) >= 11 is 0. The first kappa shape index (κ1) is 44.4. The third-order valence-corrected chi connectivity index (χ3v) is 11.3. The number of hydrogen-bond acceptors (Lipinski definition) is 6. The Bertz CT molecular complexity index is 2190. The van der Waals surface area contributed by atoms with Crippen molar-refractivity contribution in [3.05, 3.63) is 119 Å². The molecule has 0 heterocycles. The SMILES string of the molecule is CCCCC(CC)CN(c1cccc(C)c1)c1ccc(C2=C([O-])/C(=C3C=C/C(=[N+](\CC(CC)CCCC)c4cccc(OC)c4)C=C\3NC(C)=O)C2=O)c(NC(C)=O)c1. The molecule has 3 aromatic rings. The number of nitrogens with zero attached hydrogens (tertiary/aromatic N) is 2. The molecule has 2 unspecified atom stereocenters. The molecule has 2 N–H and O–H groups in total. The standard InChI is InChI=1S/C50H62N4O5/c1-9-13-18-36(11-3)31-53(38-20-15-17-33(5)27-38)40-23-25-43(45(29-40)51-34(6)55)47-49(57)48(50(47)58)44-26-24-41(30-46(44)52-35(7)56)54(32-37(12-4)19-14-10-2)39-21-16-22-42(28-39)59-8/h15-17,20-30,36-37H,9-14,18-19,31-32H2,1-8H3,(H2,51,52,55,56,57,58). The highest BCUT2D eigenvalue weighted by Gasteiger charge is 2.35. The van der Waals surface area contributed by atoms with Gasteiger partial charge in [0.05, 0.1) is 24.6 Å². The van der Waals surface area contributed by atoms with Gasteiger partial charge in [0.15, 0.2) is 12.3 Å². The lowest BCUT2D eigenvalue weighted by atomic mass is 9.78. The zero-order valence-corrected chi connectivity index (χ0v) is 36.2. The molecular formula is C50H62N4O5. The number of nitrogens with one attached hydrogen (secondary N) is 2. The number of ketones is 1. The molecule has 3 aromatic carbocycles. The quantitative estimate of drug-likeness (QED) is 0.0923. The summed E-state index contributed by atoms with van der Waals surface area (Å²) in [7, 11) is 1.64. The maximum absolute atomic E-state index is 14.3. The molecular weight excluding hydrogens is 737 g/mol. The third kappa shape index (κ3) is 10.9. The summed E-state index contributed by atoms with van der Waals surface area (Å²) in [5.74, 6) is 0.0682. The number of benzene rings is 3. The van der Waals surface area contributed by atoms with Gasteiger partial charge in [0.25, 0.3) is 0 Å². The zero-order chi connectivity index (χ0) is 42.6. The van der Waals surface area contributed by atoms with E-state index in [4.69, 9.17) is 4.74 Å². The predicted molar refractivity (Wildman–Crippen MR) is 238 cm³/mol. The van der Waals surface area contributed by atoms with Crippen molar-refractivity contribution in [3.63, 3.8) is 0 Å². The van der Waals surface area contributed by atoms with Crippen molar-refractivity contribution in [2.75, 3.05) is 30.4 Å². The lowest BCUT2D eigenvalue weighted by molar-refractivity contribution is -0.448. The van der Waals surface area contributed by atoms with E-state index in [-0.39, 0.29) is 23.0 Å². The van der Waals surface area contributed by atoms with Gasteiger partial charge in [-0.1, -0.05) is 89.8 Å². The highest BCUT2D eigenvalue weighted by Crippen LogP contribution is 2.43. The number of allylic oxidation sites excluding steroid dienone is 5. The number of amides is 2. The average Bonchev–Trinajstić information content (AvgIpc) is 3.22. The first-order valence-corrected chi connectivity index (χ1v) is 21.4. The maximum atomic E-state index is 14.3. The number of hydrogen-bond donors (Lipinski definition) is 2. The zero-order valence-electron chi connectivity index (χ0n) is 36.2. The van der Waals surface area contributed by atoms with E-state index in [0.717, 1.165) is 98.5 Å². The van der Waals surface area contributed by atoms with Crippen LogP contribution in [-0.2, 0) is 14.4 Å². The highest BCUT2D eigenvalue weighted by molar-refractivity contribution is 6.40. The summed E-state index contributed by atoms with van der Waals surface area (Å²) in [6.07, 6.45) is 14.2. The van der Waals surface area contributed by atoms with Crippen LogP contribution in [0.2, 0.25) is 0 Å². The minimum absolute atomic E-state index is 0.00133. The van der Waals surface area contributed by atoms with Crippen LogP contribution in [0.1, 0.15) is 104 Å². The van der Waals surface area contributed by atoms with E-state index >= 15 is 0 Å². The van der Waals surface area contributed by atoms with Crippen molar-refractivity contribution >= 4 is 51.6 Å². The fourth-order valence-corrected chi connectivity index (χ4v) is 7.95. The van der Waals surface area contributed by atoms with E-state index < -0.39 is 11.5 Å². The molecule has 0 bridgehead atoms. The van der Waals surface area contributed by atoms with Crippen LogP contribution in [0.25, 0.3) is 5.57 Å². The summed E-state index contributed by atoms with van der Waals surface area (Å²) in [6, 6.07) is 21.8. The van der Waals surface area contributed by atoms with Gasteiger partial charge in [-0.3, -0.25) is 14.4 Å². The Morgan fingerprint density at radius 2 is 1.49 bits per heavy atom. The monoisotopic (exact) mass is 798 g/mol. The molecule has 59 heavy (non-hydrogen) atoms. The van der Waals surface area contributed by atoms with E-state index in [9.17, 15) is 19.5 Å². The largest absolute Gasteiger partial charge is 0.871 e. The van der Waals surface area contributed by atoms with Crippen LogP contribution in [0, 0.1) is 18.8 Å².